The van der Waals surface area contributed by atoms with Crippen LogP contribution >= 0.6 is 11.8 Å². The van der Waals surface area contributed by atoms with Crippen LogP contribution in [0.5, 0.6) is 0 Å². The topological polar surface area (TPSA) is 49.0 Å². The highest BCUT2D eigenvalue weighted by Gasteiger charge is 2.29. The number of hydrogen-bond donors (Lipinski definition) is 1. The van der Waals surface area contributed by atoms with Crippen molar-refractivity contribution in [1.29, 1.82) is 0 Å². The predicted octanol–water partition coefficient (Wildman–Crippen LogP) is 2.05. The summed E-state index contributed by atoms with van der Waals surface area (Å²) in [4.78, 5) is 21.3. The lowest BCUT2D eigenvalue weighted by Crippen LogP contribution is -2.36. The summed E-state index contributed by atoms with van der Waals surface area (Å²) in [6.45, 7) is 2.75. The van der Waals surface area contributed by atoms with Gasteiger partial charge in [0.25, 0.3) is 5.56 Å². The summed E-state index contributed by atoms with van der Waals surface area (Å²) in [7, 11) is 2.14. The van der Waals surface area contributed by atoms with Gasteiger partial charge in [-0.1, -0.05) is 13.3 Å². The number of hydrogen-bond acceptors (Lipinski definition) is 4. The normalized spacial score (nSPS) is 23.2. The van der Waals surface area contributed by atoms with Crippen LogP contribution in [0.4, 0.5) is 0 Å². The Labute approximate surface area is 119 Å². The number of rotatable bonds is 5. The molecule has 4 nitrogen and oxygen atoms in total. The first-order valence-corrected chi connectivity index (χ1v) is 8.25. The molecular weight excluding hydrogens is 258 g/mol. The van der Waals surface area contributed by atoms with E-state index < -0.39 is 0 Å². The van der Waals surface area contributed by atoms with Crippen LogP contribution in [0.1, 0.15) is 37.7 Å². The van der Waals surface area contributed by atoms with Crippen LogP contribution in [0.3, 0.4) is 0 Å². The van der Waals surface area contributed by atoms with E-state index in [0.717, 1.165) is 24.5 Å². The van der Waals surface area contributed by atoms with E-state index in [1.807, 2.05) is 18.7 Å². The van der Waals surface area contributed by atoms with Gasteiger partial charge in [-0.15, -0.1) is 0 Å². The summed E-state index contributed by atoms with van der Waals surface area (Å²) in [5, 5.41) is 0.714. The zero-order chi connectivity index (χ0) is 13.8. The minimum absolute atomic E-state index is 0.0388. The molecule has 0 bridgehead atoms. The molecular formula is C14H23N3OS. The Morgan fingerprint density at radius 1 is 1.53 bits per heavy atom. The molecule has 0 spiro atoms. The summed E-state index contributed by atoms with van der Waals surface area (Å²) < 4.78 is 0. The highest BCUT2D eigenvalue weighted by Crippen LogP contribution is 2.31. The maximum absolute atomic E-state index is 11.6. The molecule has 5 heteroatoms. The maximum atomic E-state index is 11.6. The fourth-order valence-electron chi connectivity index (χ4n) is 2.86. The number of nitrogens with one attached hydrogen (secondary N) is 1. The molecule has 1 N–H and O–H groups in total. The van der Waals surface area contributed by atoms with E-state index in [2.05, 4.69) is 28.2 Å². The lowest BCUT2D eigenvalue weighted by molar-refractivity contribution is 0.235. The van der Waals surface area contributed by atoms with E-state index in [9.17, 15) is 4.79 Å². The van der Waals surface area contributed by atoms with Gasteiger partial charge in [-0.3, -0.25) is 9.69 Å². The average molecular weight is 281 g/mol. The minimum atomic E-state index is -0.0388. The first-order valence-electron chi connectivity index (χ1n) is 6.96. The smallest absolute Gasteiger partial charge is 0.251 e. The maximum Gasteiger partial charge on any atom is 0.251 e. The number of H-pyrrole nitrogens is 1. The van der Waals surface area contributed by atoms with E-state index in [4.69, 9.17) is 0 Å². The van der Waals surface area contributed by atoms with Crippen molar-refractivity contribution in [3.63, 3.8) is 0 Å². The number of aromatic nitrogens is 2. The van der Waals surface area contributed by atoms with Gasteiger partial charge in [0, 0.05) is 23.1 Å². The molecule has 0 radical (unpaired) electrons. The zero-order valence-corrected chi connectivity index (χ0v) is 12.8. The molecule has 1 aliphatic carbocycles. The Kier molecular flexibility index (Phi) is 5.05. The number of nitrogens with zero attached hydrogens (tertiary/aromatic N) is 2. The Bertz CT molecular complexity index is 474. The van der Waals surface area contributed by atoms with Crippen molar-refractivity contribution in [3.05, 3.63) is 27.9 Å². The summed E-state index contributed by atoms with van der Waals surface area (Å²) in [5.41, 5.74) is 0.836. The van der Waals surface area contributed by atoms with Crippen LogP contribution in [0.15, 0.2) is 10.9 Å². The molecule has 19 heavy (non-hydrogen) atoms. The van der Waals surface area contributed by atoms with Gasteiger partial charge in [-0.25, -0.2) is 4.98 Å². The molecule has 1 saturated carbocycles. The summed E-state index contributed by atoms with van der Waals surface area (Å²) in [5.74, 6) is 0.790. The average Bonchev–Trinajstić information content (AvgIpc) is 2.86. The van der Waals surface area contributed by atoms with Crippen molar-refractivity contribution in [2.75, 3.05) is 13.3 Å². The number of aryl methyl sites for hydroxylation is 1. The van der Waals surface area contributed by atoms with Crippen molar-refractivity contribution in [2.24, 2.45) is 0 Å². The first-order chi connectivity index (χ1) is 9.13. The summed E-state index contributed by atoms with van der Waals surface area (Å²) in [6, 6.07) is 2.19. The molecule has 2 unspecified atom stereocenters. The number of thioether (sulfide) groups is 1. The van der Waals surface area contributed by atoms with Gasteiger partial charge in [0.2, 0.25) is 0 Å². The van der Waals surface area contributed by atoms with Crippen molar-refractivity contribution < 1.29 is 0 Å². The van der Waals surface area contributed by atoms with Crippen molar-refractivity contribution in [2.45, 2.75) is 50.4 Å². The fraction of sp³-hybridized carbons (Fsp3) is 0.714. The van der Waals surface area contributed by atoms with E-state index >= 15 is 0 Å². The summed E-state index contributed by atoms with van der Waals surface area (Å²) >= 11 is 1.96. The molecule has 0 aromatic carbocycles. The Hall–Kier alpha value is -0.810. The van der Waals surface area contributed by atoms with Gasteiger partial charge < -0.3 is 4.98 Å². The molecule has 1 heterocycles. The SMILES string of the molecule is CCc1cc(=O)[nH]c(CN(C)C2CCCC2SC)n1. The largest absolute Gasteiger partial charge is 0.309 e. The molecule has 0 saturated heterocycles. The van der Waals surface area contributed by atoms with E-state index in [-0.39, 0.29) is 5.56 Å². The van der Waals surface area contributed by atoms with Crippen molar-refractivity contribution in [1.82, 2.24) is 14.9 Å². The third-order valence-electron chi connectivity index (χ3n) is 3.89. The third kappa shape index (κ3) is 3.60. The molecule has 0 aliphatic heterocycles. The fourth-order valence-corrected chi connectivity index (χ4v) is 3.92. The van der Waals surface area contributed by atoms with Crippen LogP contribution in [0, 0.1) is 0 Å². The van der Waals surface area contributed by atoms with Crippen LogP contribution in [-0.4, -0.2) is 39.5 Å². The highest BCUT2D eigenvalue weighted by molar-refractivity contribution is 7.99. The van der Waals surface area contributed by atoms with E-state index in [1.54, 1.807) is 6.07 Å². The van der Waals surface area contributed by atoms with E-state index in [0.29, 0.717) is 11.3 Å². The number of aromatic amines is 1. The van der Waals surface area contributed by atoms with Crippen molar-refractivity contribution in [3.8, 4) is 0 Å². The van der Waals surface area contributed by atoms with Gasteiger partial charge in [0.1, 0.15) is 5.82 Å². The van der Waals surface area contributed by atoms with Crippen molar-refractivity contribution >= 4 is 11.8 Å². The van der Waals surface area contributed by atoms with Gasteiger partial charge in [0.15, 0.2) is 0 Å². The lowest BCUT2D eigenvalue weighted by Gasteiger charge is -2.28. The molecule has 0 amide bonds. The van der Waals surface area contributed by atoms with Gasteiger partial charge in [0.05, 0.1) is 6.54 Å². The second-order valence-electron chi connectivity index (χ2n) is 5.22. The summed E-state index contributed by atoms with van der Waals surface area (Å²) in [6.07, 6.45) is 6.85. The second kappa shape index (κ2) is 6.57. The van der Waals surface area contributed by atoms with Crippen LogP contribution in [-0.2, 0) is 13.0 Å². The Balaban J connectivity index is 2.08. The lowest BCUT2D eigenvalue weighted by atomic mass is 10.2. The highest BCUT2D eigenvalue weighted by atomic mass is 32.2. The monoisotopic (exact) mass is 281 g/mol. The second-order valence-corrected chi connectivity index (χ2v) is 6.30. The van der Waals surface area contributed by atoms with Gasteiger partial charge >= 0.3 is 0 Å². The Morgan fingerprint density at radius 2 is 2.32 bits per heavy atom. The molecule has 1 aromatic heterocycles. The van der Waals surface area contributed by atoms with Gasteiger partial charge in [-0.05, 0) is 32.6 Å². The molecule has 2 atom stereocenters. The predicted molar refractivity (Wildman–Crippen MR) is 80.6 cm³/mol. The first kappa shape index (κ1) is 14.6. The van der Waals surface area contributed by atoms with Crippen LogP contribution in [0.25, 0.3) is 0 Å². The minimum Gasteiger partial charge on any atom is -0.309 e. The molecule has 1 fully saturated rings. The quantitative estimate of drug-likeness (QED) is 0.897. The Morgan fingerprint density at radius 3 is 3.00 bits per heavy atom. The zero-order valence-electron chi connectivity index (χ0n) is 12.0. The van der Waals surface area contributed by atoms with E-state index in [1.165, 1.54) is 19.3 Å². The molecule has 1 aromatic rings. The molecule has 2 rings (SSSR count). The van der Waals surface area contributed by atoms with Crippen LogP contribution in [0.2, 0.25) is 0 Å². The van der Waals surface area contributed by atoms with Gasteiger partial charge in [-0.2, -0.15) is 11.8 Å². The standard InChI is InChI=1S/C14H23N3OS/c1-4-10-8-14(18)16-13(15-10)9-17(2)11-6-5-7-12(11)19-3/h8,11-12H,4-7,9H2,1-3H3,(H,15,16,18). The molecule has 106 valence electrons. The molecule has 1 aliphatic rings. The van der Waals surface area contributed by atoms with Crippen LogP contribution < -0.4 is 5.56 Å². The third-order valence-corrected chi connectivity index (χ3v) is 5.05.